The SMILES string of the molecule is COc1ccc([N+](=O)[O-])cc1C(=O)NCc1cnc[nH]1. The van der Waals surface area contributed by atoms with E-state index in [1.165, 1.54) is 31.6 Å². The zero-order valence-electron chi connectivity index (χ0n) is 10.6. The van der Waals surface area contributed by atoms with Crippen LogP contribution in [0.3, 0.4) is 0 Å². The van der Waals surface area contributed by atoms with Crippen LogP contribution in [0.15, 0.2) is 30.7 Å². The van der Waals surface area contributed by atoms with Gasteiger partial charge in [0.05, 0.1) is 36.2 Å². The molecule has 0 unspecified atom stereocenters. The number of H-pyrrole nitrogens is 1. The molecular formula is C12H12N4O4. The maximum Gasteiger partial charge on any atom is 0.270 e. The molecule has 1 heterocycles. The van der Waals surface area contributed by atoms with E-state index >= 15 is 0 Å². The lowest BCUT2D eigenvalue weighted by Gasteiger charge is -2.08. The van der Waals surface area contributed by atoms with Crippen LogP contribution >= 0.6 is 0 Å². The molecule has 2 N–H and O–H groups in total. The molecular weight excluding hydrogens is 264 g/mol. The Morgan fingerprint density at radius 1 is 1.55 bits per heavy atom. The number of ether oxygens (including phenoxy) is 1. The average Bonchev–Trinajstić information content (AvgIpc) is 2.97. The van der Waals surface area contributed by atoms with Crippen molar-refractivity contribution < 1.29 is 14.5 Å². The first-order valence-corrected chi connectivity index (χ1v) is 5.69. The number of hydrogen-bond donors (Lipinski definition) is 2. The van der Waals surface area contributed by atoms with Crippen LogP contribution in [-0.2, 0) is 6.54 Å². The van der Waals surface area contributed by atoms with Crippen LogP contribution in [0.2, 0.25) is 0 Å². The molecule has 0 saturated heterocycles. The number of aromatic amines is 1. The Hall–Kier alpha value is -2.90. The maximum absolute atomic E-state index is 12.0. The molecule has 1 amide bonds. The summed E-state index contributed by atoms with van der Waals surface area (Å²) >= 11 is 0. The molecule has 0 aliphatic carbocycles. The van der Waals surface area contributed by atoms with E-state index in [2.05, 4.69) is 15.3 Å². The van der Waals surface area contributed by atoms with Gasteiger partial charge in [0.1, 0.15) is 5.75 Å². The predicted molar refractivity (Wildman–Crippen MR) is 69.4 cm³/mol. The number of rotatable bonds is 5. The summed E-state index contributed by atoms with van der Waals surface area (Å²) in [6, 6.07) is 3.86. The van der Waals surface area contributed by atoms with E-state index in [-0.39, 0.29) is 23.5 Å². The third-order valence-corrected chi connectivity index (χ3v) is 2.63. The topological polar surface area (TPSA) is 110 Å². The highest BCUT2D eigenvalue weighted by Gasteiger charge is 2.17. The molecule has 1 aromatic carbocycles. The van der Waals surface area contributed by atoms with E-state index in [0.29, 0.717) is 0 Å². The summed E-state index contributed by atoms with van der Waals surface area (Å²) in [5, 5.41) is 13.4. The van der Waals surface area contributed by atoms with Gasteiger partial charge in [-0.2, -0.15) is 0 Å². The van der Waals surface area contributed by atoms with Gasteiger partial charge >= 0.3 is 0 Å². The van der Waals surface area contributed by atoms with Crippen molar-refractivity contribution in [2.75, 3.05) is 7.11 Å². The molecule has 104 valence electrons. The van der Waals surface area contributed by atoms with Crippen molar-refractivity contribution in [3.8, 4) is 5.75 Å². The van der Waals surface area contributed by atoms with Crippen molar-refractivity contribution in [3.63, 3.8) is 0 Å². The van der Waals surface area contributed by atoms with Gasteiger partial charge in [-0.25, -0.2) is 4.98 Å². The van der Waals surface area contributed by atoms with Gasteiger partial charge < -0.3 is 15.0 Å². The number of nitro groups is 1. The smallest absolute Gasteiger partial charge is 0.270 e. The zero-order chi connectivity index (χ0) is 14.5. The maximum atomic E-state index is 12.0. The highest BCUT2D eigenvalue weighted by atomic mass is 16.6. The zero-order valence-corrected chi connectivity index (χ0v) is 10.6. The van der Waals surface area contributed by atoms with Gasteiger partial charge in [-0.1, -0.05) is 0 Å². The summed E-state index contributed by atoms with van der Waals surface area (Å²) in [4.78, 5) is 28.9. The fourth-order valence-electron chi connectivity index (χ4n) is 1.64. The van der Waals surface area contributed by atoms with E-state index in [1.54, 1.807) is 6.20 Å². The summed E-state index contributed by atoms with van der Waals surface area (Å²) in [5.74, 6) is -0.183. The van der Waals surface area contributed by atoms with Crippen LogP contribution in [0, 0.1) is 10.1 Å². The van der Waals surface area contributed by atoms with E-state index in [9.17, 15) is 14.9 Å². The van der Waals surface area contributed by atoms with Gasteiger partial charge in [0.15, 0.2) is 0 Å². The first kappa shape index (κ1) is 13.5. The van der Waals surface area contributed by atoms with Gasteiger partial charge in [0.2, 0.25) is 0 Å². The highest BCUT2D eigenvalue weighted by molar-refractivity contribution is 5.97. The lowest BCUT2D eigenvalue weighted by atomic mass is 10.1. The van der Waals surface area contributed by atoms with Gasteiger partial charge in [0.25, 0.3) is 11.6 Å². The third kappa shape index (κ3) is 2.91. The van der Waals surface area contributed by atoms with E-state index in [4.69, 9.17) is 4.74 Å². The molecule has 0 spiro atoms. The quantitative estimate of drug-likeness (QED) is 0.631. The van der Waals surface area contributed by atoms with Gasteiger partial charge in [-0.3, -0.25) is 14.9 Å². The number of carbonyl (C=O) groups excluding carboxylic acids is 1. The summed E-state index contributed by atoms with van der Waals surface area (Å²) in [5.41, 5.74) is 0.668. The second kappa shape index (κ2) is 5.83. The monoisotopic (exact) mass is 276 g/mol. The minimum Gasteiger partial charge on any atom is -0.496 e. The molecule has 8 heteroatoms. The Morgan fingerprint density at radius 2 is 2.35 bits per heavy atom. The lowest BCUT2D eigenvalue weighted by molar-refractivity contribution is -0.384. The Kier molecular flexibility index (Phi) is 3.94. The lowest BCUT2D eigenvalue weighted by Crippen LogP contribution is -2.23. The van der Waals surface area contributed by atoms with Crippen LogP contribution in [-0.4, -0.2) is 27.9 Å². The number of non-ortho nitro benzene ring substituents is 1. The predicted octanol–water partition coefficient (Wildman–Crippen LogP) is 1.26. The van der Waals surface area contributed by atoms with Gasteiger partial charge in [-0.15, -0.1) is 0 Å². The minimum absolute atomic E-state index is 0.112. The van der Waals surface area contributed by atoms with Crippen molar-refractivity contribution in [2.45, 2.75) is 6.54 Å². The summed E-state index contributed by atoms with van der Waals surface area (Å²) in [7, 11) is 1.40. The standard InChI is InChI=1S/C12H12N4O4/c1-20-11-3-2-9(16(18)19)4-10(11)12(17)14-6-8-5-13-7-15-8/h2-5,7H,6H2,1H3,(H,13,15)(H,14,17). The summed E-state index contributed by atoms with van der Waals surface area (Å²) in [6.45, 7) is 0.241. The molecule has 2 rings (SSSR count). The molecule has 0 atom stereocenters. The number of hydrogen-bond acceptors (Lipinski definition) is 5. The van der Waals surface area contributed by atoms with E-state index < -0.39 is 10.8 Å². The number of aromatic nitrogens is 2. The molecule has 0 aliphatic heterocycles. The van der Waals surface area contributed by atoms with Crippen LogP contribution in [0.1, 0.15) is 16.1 Å². The van der Waals surface area contributed by atoms with Crippen LogP contribution < -0.4 is 10.1 Å². The molecule has 0 fully saturated rings. The minimum atomic E-state index is -0.564. The first-order chi connectivity index (χ1) is 9.61. The molecule has 0 radical (unpaired) electrons. The fraction of sp³-hybridized carbons (Fsp3) is 0.167. The number of nitrogens with one attached hydrogen (secondary N) is 2. The number of nitrogens with zero attached hydrogens (tertiary/aromatic N) is 2. The summed E-state index contributed by atoms with van der Waals surface area (Å²) < 4.78 is 5.03. The molecule has 1 aromatic heterocycles. The normalized spacial score (nSPS) is 10.1. The average molecular weight is 276 g/mol. The van der Waals surface area contributed by atoms with Crippen molar-refractivity contribution >= 4 is 11.6 Å². The summed E-state index contributed by atoms with van der Waals surface area (Å²) in [6.07, 6.45) is 3.07. The molecule has 0 saturated carbocycles. The van der Waals surface area contributed by atoms with Crippen molar-refractivity contribution in [1.29, 1.82) is 0 Å². The van der Waals surface area contributed by atoms with Gasteiger partial charge in [0, 0.05) is 18.3 Å². The van der Waals surface area contributed by atoms with Crippen LogP contribution in [0.4, 0.5) is 5.69 Å². The number of nitro benzene ring substituents is 1. The van der Waals surface area contributed by atoms with Gasteiger partial charge in [-0.05, 0) is 6.07 Å². The Labute approximate surface area is 113 Å². The Balaban J connectivity index is 2.18. The van der Waals surface area contributed by atoms with E-state index in [0.717, 1.165) is 5.69 Å². The van der Waals surface area contributed by atoms with Crippen molar-refractivity contribution in [2.24, 2.45) is 0 Å². The molecule has 0 bridgehead atoms. The second-order valence-electron chi connectivity index (χ2n) is 3.90. The third-order valence-electron chi connectivity index (χ3n) is 2.63. The molecule has 20 heavy (non-hydrogen) atoms. The first-order valence-electron chi connectivity index (χ1n) is 5.69. The number of methoxy groups -OCH3 is 1. The van der Waals surface area contributed by atoms with Crippen molar-refractivity contribution in [3.05, 3.63) is 52.1 Å². The van der Waals surface area contributed by atoms with E-state index in [1.807, 2.05) is 0 Å². The number of amides is 1. The number of benzene rings is 1. The van der Waals surface area contributed by atoms with Crippen LogP contribution in [0.25, 0.3) is 0 Å². The Morgan fingerprint density at radius 3 is 2.95 bits per heavy atom. The number of carbonyl (C=O) groups is 1. The fourth-order valence-corrected chi connectivity index (χ4v) is 1.64. The second-order valence-corrected chi connectivity index (χ2v) is 3.90. The highest BCUT2D eigenvalue weighted by Crippen LogP contribution is 2.23. The number of imidazole rings is 1. The van der Waals surface area contributed by atoms with Crippen molar-refractivity contribution in [1.82, 2.24) is 15.3 Å². The molecule has 8 nitrogen and oxygen atoms in total. The molecule has 2 aromatic rings. The Bertz CT molecular complexity index is 624. The largest absolute Gasteiger partial charge is 0.496 e. The molecule has 0 aliphatic rings. The van der Waals surface area contributed by atoms with Crippen LogP contribution in [0.5, 0.6) is 5.75 Å².